The first-order valence-electron chi connectivity index (χ1n) is 7.03. The first-order valence-corrected chi connectivity index (χ1v) is 7.82. The second-order valence-corrected chi connectivity index (χ2v) is 6.39. The first-order chi connectivity index (χ1) is 10.0. The predicted molar refractivity (Wildman–Crippen MR) is 89.7 cm³/mol. The summed E-state index contributed by atoms with van der Waals surface area (Å²) in [6.45, 7) is 1.93. The molecule has 3 rings (SSSR count). The number of carbonyl (C=O) groups excluding carboxylic acids is 1. The molecule has 1 aliphatic carbocycles. The van der Waals surface area contributed by atoms with Crippen LogP contribution in [0.15, 0.2) is 34.8 Å². The van der Waals surface area contributed by atoms with Crippen molar-refractivity contribution in [3.05, 3.63) is 57.1 Å². The van der Waals surface area contributed by atoms with Crippen molar-refractivity contribution in [2.75, 3.05) is 11.1 Å². The zero-order valence-electron chi connectivity index (χ0n) is 11.9. The highest BCUT2D eigenvalue weighted by Gasteiger charge is 2.15. The molecule has 1 amide bonds. The van der Waals surface area contributed by atoms with Gasteiger partial charge in [0, 0.05) is 10.0 Å². The Morgan fingerprint density at radius 1 is 1.19 bits per heavy atom. The number of benzene rings is 2. The van der Waals surface area contributed by atoms with Gasteiger partial charge in [-0.25, -0.2) is 0 Å². The number of nitrogens with two attached hydrogens (primary N) is 1. The van der Waals surface area contributed by atoms with Crippen LogP contribution in [-0.2, 0) is 12.8 Å². The van der Waals surface area contributed by atoms with Gasteiger partial charge in [-0.1, -0.05) is 22.0 Å². The Bertz CT molecular complexity index is 702. The average Bonchev–Trinajstić information content (AvgIpc) is 2.89. The van der Waals surface area contributed by atoms with Crippen LogP contribution in [0.5, 0.6) is 0 Å². The summed E-state index contributed by atoms with van der Waals surface area (Å²) in [4.78, 5) is 12.4. The molecule has 4 heteroatoms. The summed E-state index contributed by atoms with van der Waals surface area (Å²) in [6, 6.07) is 9.70. The van der Waals surface area contributed by atoms with Gasteiger partial charge in [-0.3, -0.25) is 4.79 Å². The van der Waals surface area contributed by atoms with Gasteiger partial charge in [-0.2, -0.15) is 0 Å². The second kappa shape index (κ2) is 5.53. The summed E-state index contributed by atoms with van der Waals surface area (Å²) >= 11 is 3.40. The van der Waals surface area contributed by atoms with Crippen molar-refractivity contribution >= 4 is 33.2 Å². The molecule has 0 saturated carbocycles. The molecule has 0 saturated heterocycles. The van der Waals surface area contributed by atoms with Gasteiger partial charge in [-0.15, -0.1) is 0 Å². The maximum absolute atomic E-state index is 12.4. The van der Waals surface area contributed by atoms with E-state index in [1.807, 2.05) is 25.1 Å². The standard InChI is InChI=1S/C17H17BrN2O/c1-10-7-14(18)9-15(19)16(10)20-17(21)13-6-5-11-3-2-4-12(11)8-13/h5-9H,2-4,19H2,1H3,(H,20,21). The molecule has 0 aliphatic heterocycles. The van der Waals surface area contributed by atoms with E-state index in [9.17, 15) is 4.79 Å². The van der Waals surface area contributed by atoms with Gasteiger partial charge in [0.25, 0.3) is 5.91 Å². The summed E-state index contributed by atoms with van der Waals surface area (Å²) in [5, 5.41) is 2.93. The highest BCUT2D eigenvalue weighted by atomic mass is 79.9. The van der Waals surface area contributed by atoms with E-state index in [0.717, 1.165) is 22.9 Å². The molecule has 2 aromatic carbocycles. The summed E-state index contributed by atoms with van der Waals surface area (Å²) in [5.74, 6) is -0.109. The molecule has 0 unspecified atom stereocenters. The lowest BCUT2D eigenvalue weighted by molar-refractivity contribution is 0.102. The fraction of sp³-hybridized carbons (Fsp3) is 0.235. The molecule has 0 aromatic heterocycles. The van der Waals surface area contributed by atoms with Gasteiger partial charge in [-0.05, 0) is 67.1 Å². The van der Waals surface area contributed by atoms with Crippen LogP contribution in [0, 0.1) is 6.92 Å². The fourth-order valence-electron chi connectivity index (χ4n) is 2.84. The quantitative estimate of drug-likeness (QED) is 0.806. The Labute approximate surface area is 132 Å². The smallest absolute Gasteiger partial charge is 0.255 e. The number of hydrogen-bond acceptors (Lipinski definition) is 2. The topological polar surface area (TPSA) is 55.1 Å². The Balaban J connectivity index is 1.87. The van der Waals surface area contributed by atoms with Gasteiger partial charge in [0.15, 0.2) is 0 Å². The second-order valence-electron chi connectivity index (χ2n) is 5.48. The minimum absolute atomic E-state index is 0.109. The number of rotatable bonds is 2. The molecule has 1 aliphatic rings. The monoisotopic (exact) mass is 344 g/mol. The van der Waals surface area contributed by atoms with Gasteiger partial charge in [0.1, 0.15) is 0 Å². The zero-order chi connectivity index (χ0) is 15.0. The largest absolute Gasteiger partial charge is 0.397 e. The SMILES string of the molecule is Cc1cc(Br)cc(N)c1NC(=O)c1ccc2c(c1)CCC2. The van der Waals surface area contributed by atoms with Crippen molar-refractivity contribution in [1.82, 2.24) is 0 Å². The fourth-order valence-corrected chi connectivity index (χ4v) is 3.43. The van der Waals surface area contributed by atoms with E-state index in [-0.39, 0.29) is 5.91 Å². The number of aryl methyl sites for hydroxylation is 3. The normalized spacial score (nSPS) is 13.0. The highest BCUT2D eigenvalue weighted by Crippen LogP contribution is 2.29. The predicted octanol–water partition coefficient (Wildman–Crippen LogP) is 4.08. The van der Waals surface area contributed by atoms with Gasteiger partial charge < -0.3 is 11.1 Å². The van der Waals surface area contributed by atoms with E-state index in [1.54, 1.807) is 6.07 Å². The van der Waals surface area contributed by atoms with E-state index in [0.29, 0.717) is 16.9 Å². The van der Waals surface area contributed by atoms with Crippen LogP contribution in [0.2, 0.25) is 0 Å². The third-order valence-corrected chi connectivity index (χ3v) is 4.39. The van der Waals surface area contributed by atoms with Crippen LogP contribution >= 0.6 is 15.9 Å². The van der Waals surface area contributed by atoms with Crippen LogP contribution in [0.25, 0.3) is 0 Å². The van der Waals surface area contributed by atoms with Crippen LogP contribution in [0.4, 0.5) is 11.4 Å². The van der Waals surface area contributed by atoms with E-state index in [4.69, 9.17) is 5.73 Å². The lowest BCUT2D eigenvalue weighted by Gasteiger charge is -2.12. The number of amides is 1. The summed E-state index contributed by atoms with van der Waals surface area (Å²) in [7, 11) is 0. The molecule has 2 aromatic rings. The minimum atomic E-state index is -0.109. The van der Waals surface area contributed by atoms with E-state index >= 15 is 0 Å². The van der Waals surface area contributed by atoms with Gasteiger partial charge in [0.2, 0.25) is 0 Å². The molecule has 0 radical (unpaired) electrons. The number of fused-ring (bicyclic) bond motifs is 1. The van der Waals surface area contributed by atoms with E-state index < -0.39 is 0 Å². The molecular weight excluding hydrogens is 328 g/mol. The van der Waals surface area contributed by atoms with E-state index in [1.165, 1.54) is 17.5 Å². The Morgan fingerprint density at radius 3 is 2.71 bits per heavy atom. The number of carbonyl (C=O) groups is 1. The van der Waals surface area contributed by atoms with Crippen molar-refractivity contribution in [3.63, 3.8) is 0 Å². The van der Waals surface area contributed by atoms with Crippen LogP contribution in [0.3, 0.4) is 0 Å². The molecule has 0 heterocycles. The number of anilines is 2. The Morgan fingerprint density at radius 2 is 1.95 bits per heavy atom. The Kier molecular flexibility index (Phi) is 3.72. The molecule has 0 atom stereocenters. The van der Waals surface area contributed by atoms with Crippen molar-refractivity contribution in [3.8, 4) is 0 Å². The van der Waals surface area contributed by atoms with Crippen molar-refractivity contribution in [2.45, 2.75) is 26.2 Å². The van der Waals surface area contributed by atoms with Gasteiger partial charge in [0.05, 0.1) is 11.4 Å². The maximum Gasteiger partial charge on any atom is 0.255 e. The number of nitrogen functional groups attached to an aromatic ring is 1. The average molecular weight is 345 g/mol. The number of nitrogens with one attached hydrogen (secondary N) is 1. The van der Waals surface area contributed by atoms with E-state index in [2.05, 4.69) is 27.3 Å². The molecular formula is C17H17BrN2O. The molecule has 21 heavy (non-hydrogen) atoms. The van der Waals surface area contributed by atoms with Crippen molar-refractivity contribution < 1.29 is 4.79 Å². The van der Waals surface area contributed by atoms with Gasteiger partial charge >= 0.3 is 0 Å². The maximum atomic E-state index is 12.4. The zero-order valence-corrected chi connectivity index (χ0v) is 13.5. The van der Waals surface area contributed by atoms with Crippen LogP contribution in [-0.4, -0.2) is 5.91 Å². The number of halogens is 1. The molecule has 0 bridgehead atoms. The van der Waals surface area contributed by atoms with Crippen LogP contribution in [0.1, 0.15) is 33.5 Å². The summed E-state index contributed by atoms with van der Waals surface area (Å²) in [5.41, 5.74) is 11.5. The molecule has 3 N–H and O–H groups in total. The molecule has 3 nitrogen and oxygen atoms in total. The third-order valence-electron chi connectivity index (χ3n) is 3.93. The Hall–Kier alpha value is -1.81. The summed E-state index contributed by atoms with van der Waals surface area (Å²) < 4.78 is 0.910. The van der Waals surface area contributed by atoms with Crippen LogP contribution < -0.4 is 11.1 Å². The minimum Gasteiger partial charge on any atom is -0.397 e. The number of hydrogen-bond donors (Lipinski definition) is 2. The molecule has 0 fully saturated rings. The highest BCUT2D eigenvalue weighted by molar-refractivity contribution is 9.10. The van der Waals surface area contributed by atoms with Crippen molar-refractivity contribution in [1.29, 1.82) is 0 Å². The molecule has 108 valence electrons. The summed E-state index contributed by atoms with van der Waals surface area (Å²) in [6.07, 6.45) is 3.37. The lowest BCUT2D eigenvalue weighted by atomic mass is 10.1. The first kappa shape index (κ1) is 14.1. The lowest BCUT2D eigenvalue weighted by Crippen LogP contribution is -2.14. The van der Waals surface area contributed by atoms with Crippen molar-refractivity contribution in [2.24, 2.45) is 0 Å². The molecule has 0 spiro atoms. The third kappa shape index (κ3) is 2.81.